The summed E-state index contributed by atoms with van der Waals surface area (Å²) in [6.45, 7) is 2.51. The molecule has 0 aromatic heterocycles. The second-order valence-electron chi connectivity index (χ2n) is 19.4. The Labute approximate surface area is 452 Å². The average Bonchev–Trinajstić information content (AvgIpc) is 3.43. The van der Waals surface area contributed by atoms with Gasteiger partial charge in [0.15, 0.2) is 25.2 Å². The van der Waals surface area contributed by atoms with Crippen LogP contribution in [0.1, 0.15) is 98.8 Å². The Hall–Kier alpha value is -3.90. The average molecular weight is 1140 g/mol. The van der Waals surface area contributed by atoms with Gasteiger partial charge in [0.25, 0.3) is 0 Å². The van der Waals surface area contributed by atoms with Crippen molar-refractivity contribution in [2.75, 3.05) is 26.4 Å². The molecule has 4 heterocycles. The van der Waals surface area contributed by atoms with Crippen LogP contribution in [-0.4, -0.2) is 232 Å². The van der Waals surface area contributed by atoms with E-state index in [4.69, 9.17) is 37.9 Å². The normalized spacial score (nSPS) is 35.5. The zero-order chi connectivity index (χ0) is 57.9. The molecule has 0 bridgehead atoms. The Balaban J connectivity index is 1.56. The number of ether oxygens (including phenoxy) is 8. The summed E-state index contributed by atoms with van der Waals surface area (Å²) >= 11 is 0. The van der Waals surface area contributed by atoms with Gasteiger partial charge in [0, 0.05) is 27.7 Å². The highest BCUT2D eigenvalue weighted by atomic mass is 32.3. The molecule has 4 aliphatic rings. The molecule has 29 nitrogen and oxygen atoms in total. The molecule has 0 aliphatic carbocycles. The summed E-state index contributed by atoms with van der Waals surface area (Å²) in [6, 6.07) is -6.77. The fourth-order valence-electron chi connectivity index (χ4n) is 9.29. The maximum absolute atomic E-state index is 13.3. The highest BCUT2D eigenvalue weighted by molar-refractivity contribution is 7.80. The Morgan fingerprint density at radius 2 is 0.949 bits per heavy atom. The third-order valence-electron chi connectivity index (χ3n) is 13.1. The predicted molar refractivity (Wildman–Crippen MR) is 263 cm³/mol. The Morgan fingerprint density at radius 1 is 0.526 bits per heavy atom. The lowest BCUT2D eigenvalue weighted by Gasteiger charge is -2.51. The van der Waals surface area contributed by atoms with Crippen LogP contribution in [0, 0.1) is 0 Å². The molecule has 4 amide bonds. The van der Waals surface area contributed by atoms with Crippen LogP contribution in [0.4, 0.5) is 0 Å². The van der Waals surface area contributed by atoms with Crippen molar-refractivity contribution in [3.63, 3.8) is 0 Å². The summed E-state index contributed by atoms with van der Waals surface area (Å²) in [5, 5.41) is 99.2. The van der Waals surface area contributed by atoms with Gasteiger partial charge in [0.05, 0.1) is 19.8 Å². The number of amides is 4. The van der Waals surface area contributed by atoms with E-state index in [1.54, 1.807) is 6.08 Å². The fraction of sp³-hybridized carbons (Fsp3) is 0.812. The monoisotopic (exact) mass is 1140 g/mol. The predicted octanol–water partition coefficient (Wildman–Crippen LogP) is -4.10. The smallest absolute Gasteiger partial charge is 0.302 e. The number of hydrogen-bond acceptors (Lipinski definition) is 25. The summed E-state index contributed by atoms with van der Waals surface area (Å²) in [7, 11) is -5.41. The first-order chi connectivity index (χ1) is 36.9. The third kappa shape index (κ3) is 20.3. The van der Waals surface area contributed by atoms with Gasteiger partial charge in [0.1, 0.15) is 104 Å². The van der Waals surface area contributed by atoms with E-state index in [-0.39, 0.29) is 0 Å². The topological polar surface area (TPSA) is 436 Å². The second-order valence-corrected chi connectivity index (χ2v) is 20.4. The molecule has 448 valence electrons. The summed E-state index contributed by atoms with van der Waals surface area (Å²) in [5.41, 5.74) is 0. The molecule has 0 saturated carbocycles. The minimum atomic E-state index is -5.41. The van der Waals surface area contributed by atoms with Crippen LogP contribution in [0.3, 0.4) is 0 Å². The van der Waals surface area contributed by atoms with Crippen molar-refractivity contribution in [2.45, 2.75) is 221 Å². The van der Waals surface area contributed by atoms with Crippen molar-refractivity contribution in [1.29, 1.82) is 0 Å². The largest absolute Gasteiger partial charge is 0.726 e. The first kappa shape index (κ1) is 66.6. The van der Waals surface area contributed by atoms with Crippen LogP contribution < -0.4 is 21.3 Å². The number of carbonyl (C=O) groups is 5. The minimum Gasteiger partial charge on any atom is -0.726 e. The lowest BCUT2D eigenvalue weighted by atomic mass is 9.93. The number of carbonyl (C=O) groups excluding carboxylic acids is 5. The molecule has 10 unspecified atom stereocenters. The maximum atomic E-state index is 13.3. The van der Waals surface area contributed by atoms with Crippen molar-refractivity contribution >= 4 is 40.0 Å². The van der Waals surface area contributed by atoms with E-state index in [9.17, 15) is 77.8 Å². The zero-order valence-electron chi connectivity index (χ0n) is 44.2. The molecule has 4 aliphatic heterocycles. The number of rotatable bonds is 29. The van der Waals surface area contributed by atoms with Crippen molar-refractivity contribution in [1.82, 2.24) is 21.3 Å². The van der Waals surface area contributed by atoms with Crippen LogP contribution in [0.5, 0.6) is 0 Å². The first-order valence-electron chi connectivity index (χ1n) is 26.0. The van der Waals surface area contributed by atoms with Crippen LogP contribution in [0.25, 0.3) is 0 Å². The van der Waals surface area contributed by atoms with Crippen LogP contribution in [0.15, 0.2) is 24.3 Å². The molecule has 30 heteroatoms. The molecule has 78 heavy (non-hydrogen) atoms. The van der Waals surface area contributed by atoms with E-state index >= 15 is 0 Å². The SMILES string of the molecule is CCCCCC/C=C\CCCCC/C=C/C(=O)NC1[C@H](O[C@@H]2C(CO)O[C@@H](O[C@@H]3C(CO)O[C@@H](O[C@@H]4C(COS(=O)(=O)[O-])O[C@@H](O)C(NC(C)=O)C4O)C(NC(C)=O)[C@H]3O)C(NC(C)=O)C2O)OC(COC(C)=O)[C@@H](O)[C@@H]1O. The fourth-order valence-corrected chi connectivity index (χ4v) is 9.59. The molecule has 0 aromatic rings. The molecule has 0 radical (unpaired) electrons. The van der Waals surface area contributed by atoms with Gasteiger partial charge >= 0.3 is 5.97 Å². The summed E-state index contributed by atoms with van der Waals surface area (Å²) in [4.78, 5) is 62.4. The number of aliphatic hydroxyl groups excluding tert-OH is 8. The van der Waals surface area contributed by atoms with Crippen LogP contribution >= 0.6 is 0 Å². The number of unbranched alkanes of at least 4 members (excludes halogenated alkanes) is 8. The van der Waals surface area contributed by atoms with Gasteiger partial charge in [-0.25, -0.2) is 8.42 Å². The number of aliphatic hydroxyl groups is 8. The van der Waals surface area contributed by atoms with Crippen LogP contribution in [-0.2, 0) is 76.4 Å². The molecule has 4 rings (SSSR count). The molecule has 0 aromatic carbocycles. The van der Waals surface area contributed by atoms with Crippen molar-refractivity contribution < 1.29 is 120 Å². The highest BCUT2D eigenvalue weighted by Gasteiger charge is 2.56. The van der Waals surface area contributed by atoms with Crippen LogP contribution in [0.2, 0.25) is 0 Å². The van der Waals surface area contributed by atoms with Gasteiger partial charge in [0.2, 0.25) is 34.0 Å². The van der Waals surface area contributed by atoms with E-state index in [1.807, 2.05) is 0 Å². The van der Waals surface area contributed by atoms with Gasteiger partial charge in [-0.3, -0.25) is 28.2 Å². The zero-order valence-corrected chi connectivity index (χ0v) is 45.0. The van der Waals surface area contributed by atoms with E-state index in [2.05, 4.69) is 44.5 Å². The Kier molecular flexibility index (Phi) is 27.8. The molecular formula is C48H79N4O25S-. The van der Waals surface area contributed by atoms with E-state index in [0.29, 0.717) is 6.42 Å². The molecule has 4 fully saturated rings. The minimum absolute atomic E-state index is 0.539. The van der Waals surface area contributed by atoms with Gasteiger partial charge in [-0.1, -0.05) is 50.8 Å². The number of allylic oxidation sites excluding steroid dienone is 3. The van der Waals surface area contributed by atoms with E-state index in [0.717, 1.165) is 59.8 Å². The first-order valence-corrected chi connectivity index (χ1v) is 27.3. The molecule has 0 spiro atoms. The van der Waals surface area contributed by atoms with Crippen molar-refractivity contribution in [3.05, 3.63) is 24.3 Å². The summed E-state index contributed by atoms with van der Waals surface area (Å²) in [6.07, 6.45) is -12.4. The molecule has 4 saturated heterocycles. The Bertz CT molecular complexity index is 2070. The van der Waals surface area contributed by atoms with E-state index in [1.165, 1.54) is 31.8 Å². The van der Waals surface area contributed by atoms with Gasteiger partial charge < -0.3 is 105 Å². The summed E-state index contributed by atoms with van der Waals surface area (Å²) in [5.74, 6) is -3.95. The Morgan fingerprint density at radius 3 is 1.40 bits per heavy atom. The molecule has 20 atom stereocenters. The lowest BCUT2D eigenvalue weighted by Crippen LogP contribution is -2.71. The summed E-state index contributed by atoms with van der Waals surface area (Å²) < 4.78 is 84.9. The van der Waals surface area contributed by atoms with Gasteiger partial charge in [-0.15, -0.1) is 0 Å². The number of nitrogens with one attached hydrogen (secondary N) is 4. The van der Waals surface area contributed by atoms with Crippen molar-refractivity contribution in [2.24, 2.45) is 0 Å². The lowest BCUT2D eigenvalue weighted by molar-refractivity contribution is -0.361. The second kappa shape index (κ2) is 32.5. The molecular weight excluding hydrogens is 1060 g/mol. The highest BCUT2D eigenvalue weighted by Crippen LogP contribution is 2.35. The third-order valence-corrected chi connectivity index (χ3v) is 13.5. The molecule has 12 N–H and O–H groups in total. The number of esters is 1. The quantitative estimate of drug-likeness (QED) is 0.00846. The van der Waals surface area contributed by atoms with Gasteiger partial charge in [-0.05, 0) is 44.6 Å². The maximum Gasteiger partial charge on any atom is 0.302 e. The van der Waals surface area contributed by atoms with Crippen molar-refractivity contribution in [3.8, 4) is 0 Å². The van der Waals surface area contributed by atoms with Gasteiger partial charge in [-0.2, -0.15) is 0 Å². The standard InChI is InChI=1S/C48H80N4O25S/c1-6-7-8-9-10-11-12-13-14-15-16-17-18-19-32(59)52-34-38(61)37(60)30(22-69-27(5)58)74-46(34)75-42-28(20-53)72-47(35(40(42)63)50-25(3)56)76-43-29(21-54)73-48(36(41(43)64)51-26(4)57)77-44-31(23-70-78(66,67)68)71-45(65)33(39(44)62)49-24(2)55/h11-12,18-19,28-31,33-48,53-54,60-65H,6-10,13-17,20-23H2,1-5H3,(H,49,55)(H,50,56)(H,51,57)(H,52,59)(H,66,67,68)/p-1/b12-11-,19-18+/t28?,29?,30?,31?,33?,34?,35?,36?,37-,38-,39?,40?,41-,42-,43-,44-,45-,46+,47+,48+/m1/s1. The number of hydrogen-bond donors (Lipinski definition) is 12. The van der Waals surface area contributed by atoms with E-state index < -0.39 is 189 Å².